The largest absolute Gasteiger partial charge is 0.384 e. The molecule has 1 fully saturated rings. The molecule has 13 heavy (non-hydrogen) atoms. The van der Waals surface area contributed by atoms with Gasteiger partial charge in [0.1, 0.15) is 5.82 Å². The molecule has 1 saturated carbocycles. The molecular formula is C9H14Cl2N2. The number of nitrogens with zero attached hydrogens (tertiary/aromatic N) is 1. The zero-order valence-corrected chi connectivity index (χ0v) is 8.90. The van der Waals surface area contributed by atoms with Gasteiger partial charge in [-0.05, 0) is 36.5 Å². The number of pyridine rings is 1. The minimum absolute atomic E-state index is 0. The first-order valence-corrected chi connectivity index (χ1v) is 4.08. The van der Waals surface area contributed by atoms with Gasteiger partial charge < -0.3 is 5.73 Å². The van der Waals surface area contributed by atoms with E-state index in [1.807, 2.05) is 6.07 Å². The van der Waals surface area contributed by atoms with Crippen LogP contribution >= 0.6 is 24.8 Å². The summed E-state index contributed by atoms with van der Waals surface area (Å²) >= 11 is 0. The van der Waals surface area contributed by atoms with Crippen molar-refractivity contribution in [1.29, 1.82) is 0 Å². The lowest BCUT2D eigenvalue weighted by molar-refractivity contribution is 0.419. The zero-order valence-electron chi connectivity index (χ0n) is 7.27. The first-order valence-electron chi connectivity index (χ1n) is 4.08. The Morgan fingerprint density at radius 3 is 2.46 bits per heavy atom. The molecule has 0 amide bonds. The Kier molecular flexibility index (Phi) is 5.11. The van der Waals surface area contributed by atoms with E-state index in [2.05, 4.69) is 11.1 Å². The van der Waals surface area contributed by atoms with Crippen molar-refractivity contribution < 1.29 is 0 Å². The van der Waals surface area contributed by atoms with Crippen LogP contribution in [0.3, 0.4) is 0 Å². The third-order valence-electron chi connectivity index (χ3n) is 2.38. The van der Waals surface area contributed by atoms with E-state index in [-0.39, 0.29) is 24.8 Å². The number of hydrogen-bond acceptors (Lipinski definition) is 2. The van der Waals surface area contributed by atoms with Gasteiger partial charge in [0, 0.05) is 6.20 Å². The van der Waals surface area contributed by atoms with Gasteiger partial charge in [-0.1, -0.05) is 6.42 Å². The molecule has 0 aliphatic heterocycles. The second-order valence-corrected chi connectivity index (χ2v) is 3.14. The van der Waals surface area contributed by atoms with E-state index >= 15 is 0 Å². The van der Waals surface area contributed by atoms with Crippen LogP contribution in [0.15, 0.2) is 18.3 Å². The van der Waals surface area contributed by atoms with Crippen LogP contribution in [-0.2, 0) is 0 Å². The number of rotatable bonds is 1. The fraction of sp³-hybridized carbons (Fsp3) is 0.444. The van der Waals surface area contributed by atoms with Gasteiger partial charge in [-0.2, -0.15) is 0 Å². The molecule has 1 aromatic heterocycles. The van der Waals surface area contributed by atoms with E-state index in [4.69, 9.17) is 5.73 Å². The SMILES string of the molecule is Cl.Cl.Nc1cc(C2CCC2)ccn1. The molecule has 0 unspecified atom stereocenters. The number of aromatic nitrogens is 1. The van der Waals surface area contributed by atoms with Crippen molar-refractivity contribution in [1.82, 2.24) is 4.98 Å². The van der Waals surface area contributed by atoms with Crippen LogP contribution in [-0.4, -0.2) is 4.98 Å². The smallest absolute Gasteiger partial charge is 0.123 e. The maximum Gasteiger partial charge on any atom is 0.123 e. The average Bonchev–Trinajstić information content (AvgIpc) is 1.83. The van der Waals surface area contributed by atoms with Crippen LogP contribution in [0.25, 0.3) is 0 Å². The van der Waals surface area contributed by atoms with E-state index in [1.54, 1.807) is 6.20 Å². The van der Waals surface area contributed by atoms with E-state index in [1.165, 1.54) is 24.8 Å². The van der Waals surface area contributed by atoms with E-state index in [0.29, 0.717) is 5.82 Å². The van der Waals surface area contributed by atoms with Gasteiger partial charge in [-0.25, -0.2) is 4.98 Å². The summed E-state index contributed by atoms with van der Waals surface area (Å²) in [6.07, 6.45) is 5.81. The lowest BCUT2D eigenvalue weighted by Crippen LogP contribution is -2.09. The molecule has 0 aromatic carbocycles. The van der Waals surface area contributed by atoms with Crippen LogP contribution in [0.5, 0.6) is 0 Å². The van der Waals surface area contributed by atoms with Crippen LogP contribution < -0.4 is 5.73 Å². The second kappa shape index (κ2) is 5.30. The molecular weight excluding hydrogens is 207 g/mol. The molecule has 1 aliphatic rings. The summed E-state index contributed by atoms with van der Waals surface area (Å²) in [5, 5.41) is 0. The monoisotopic (exact) mass is 220 g/mol. The average molecular weight is 221 g/mol. The van der Waals surface area contributed by atoms with Crippen molar-refractivity contribution in [3.05, 3.63) is 23.9 Å². The van der Waals surface area contributed by atoms with Gasteiger partial charge >= 0.3 is 0 Å². The van der Waals surface area contributed by atoms with Gasteiger partial charge in [0.05, 0.1) is 0 Å². The van der Waals surface area contributed by atoms with Crippen LogP contribution in [0.4, 0.5) is 5.82 Å². The molecule has 2 N–H and O–H groups in total. The van der Waals surface area contributed by atoms with Crippen molar-refractivity contribution in [2.75, 3.05) is 5.73 Å². The highest BCUT2D eigenvalue weighted by molar-refractivity contribution is 5.85. The summed E-state index contributed by atoms with van der Waals surface area (Å²) < 4.78 is 0. The third-order valence-corrected chi connectivity index (χ3v) is 2.38. The molecule has 0 saturated heterocycles. The lowest BCUT2D eigenvalue weighted by Gasteiger charge is -2.25. The highest BCUT2D eigenvalue weighted by Crippen LogP contribution is 2.36. The maximum absolute atomic E-state index is 5.56. The molecule has 1 aromatic rings. The van der Waals surface area contributed by atoms with Crippen LogP contribution in [0.1, 0.15) is 30.7 Å². The summed E-state index contributed by atoms with van der Waals surface area (Å²) in [7, 11) is 0. The molecule has 0 atom stereocenters. The lowest BCUT2D eigenvalue weighted by atomic mass is 9.80. The number of anilines is 1. The maximum atomic E-state index is 5.56. The summed E-state index contributed by atoms with van der Waals surface area (Å²) in [6.45, 7) is 0. The molecule has 74 valence electrons. The number of nitrogen functional groups attached to an aromatic ring is 1. The summed E-state index contributed by atoms with van der Waals surface area (Å²) in [4.78, 5) is 3.96. The van der Waals surface area contributed by atoms with Gasteiger partial charge in [-0.15, -0.1) is 24.8 Å². The predicted octanol–water partition coefficient (Wildman–Crippen LogP) is 2.77. The Hall–Kier alpha value is -0.470. The highest BCUT2D eigenvalue weighted by Gasteiger charge is 2.19. The van der Waals surface area contributed by atoms with Crippen molar-refractivity contribution >= 4 is 30.6 Å². The Morgan fingerprint density at radius 2 is 2.00 bits per heavy atom. The topological polar surface area (TPSA) is 38.9 Å². The standard InChI is InChI=1S/C9H12N2.2ClH/c10-9-6-8(4-5-11-9)7-2-1-3-7;;/h4-7H,1-3H2,(H2,10,11);2*1H. The minimum Gasteiger partial charge on any atom is -0.384 e. The molecule has 0 spiro atoms. The van der Waals surface area contributed by atoms with Gasteiger partial charge in [0.2, 0.25) is 0 Å². The molecule has 2 nitrogen and oxygen atoms in total. The van der Waals surface area contributed by atoms with E-state index in [0.717, 1.165) is 5.92 Å². The normalized spacial score (nSPS) is 15.1. The number of halogens is 2. The fourth-order valence-electron chi connectivity index (χ4n) is 1.46. The molecule has 0 bridgehead atoms. The molecule has 4 heteroatoms. The Bertz CT molecular complexity index is 262. The summed E-state index contributed by atoms with van der Waals surface area (Å²) in [5.41, 5.74) is 6.93. The minimum atomic E-state index is 0. The molecule has 1 aliphatic carbocycles. The Balaban J connectivity index is 0.000000720. The van der Waals surface area contributed by atoms with Crippen molar-refractivity contribution in [2.24, 2.45) is 0 Å². The highest BCUT2D eigenvalue weighted by atomic mass is 35.5. The zero-order chi connectivity index (χ0) is 7.68. The van der Waals surface area contributed by atoms with E-state index in [9.17, 15) is 0 Å². The first-order chi connectivity index (χ1) is 5.36. The van der Waals surface area contributed by atoms with E-state index < -0.39 is 0 Å². The van der Waals surface area contributed by atoms with Gasteiger partial charge in [-0.3, -0.25) is 0 Å². The Morgan fingerprint density at radius 1 is 1.31 bits per heavy atom. The number of hydrogen-bond donors (Lipinski definition) is 1. The second-order valence-electron chi connectivity index (χ2n) is 3.14. The molecule has 1 heterocycles. The summed E-state index contributed by atoms with van der Waals surface area (Å²) in [6, 6.07) is 4.06. The predicted molar refractivity (Wildman–Crippen MR) is 59.7 cm³/mol. The molecule has 2 rings (SSSR count). The quantitative estimate of drug-likeness (QED) is 0.791. The summed E-state index contributed by atoms with van der Waals surface area (Å²) in [5.74, 6) is 1.41. The van der Waals surface area contributed by atoms with Crippen molar-refractivity contribution in [2.45, 2.75) is 25.2 Å². The molecule has 0 radical (unpaired) electrons. The van der Waals surface area contributed by atoms with Gasteiger partial charge in [0.15, 0.2) is 0 Å². The fourth-order valence-corrected chi connectivity index (χ4v) is 1.46. The number of nitrogens with two attached hydrogens (primary N) is 1. The van der Waals surface area contributed by atoms with Crippen molar-refractivity contribution in [3.63, 3.8) is 0 Å². The first kappa shape index (κ1) is 12.5. The van der Waals surface area contributed by atoms with Crippen LogP contribution in [0, 0.1) is 0 Å². The Labute approximate surface area is 90.8 Å². The third kappa shape index (κ3) is 2.75. The van der Waals surface area contributed by atoms with Crippen molar-refractivity contribution in [3.8, 4) is 0 Å². The van der Waals surface area contributed by atoms with Gasteiger partial charge in [0.25, 0.3) is 0 Å². The van der Waals surface area contributed by atoms with Crippen LogP contribution in [0.2, 0.25) is 0 Å².